The van der Waals surface area contributed by atoms with Crippen LogP contribution in [0.2, 0.25) is 0 Å². The van der Waals surface area contributed by atoms with Gasteiger partial charge in [0.15, 0.2) is 0 Å². The van der Waals surface area contributed by atoms with Gasteiger partial charge in [-0.2, -0.15) is 9.72 Å². The Kier molecular flexibility index (Phi) is 8.73. The molecule has 7 nitrogen and oxygen atoms in total. The van der Waals surface area contributed by atoms with Crippen molar-refractivity contribution in [2.45, 2.75) is 0 Å². The van der Waals surface area contributed by atoms with Crippen LogP contribution in [-0.2, 0) is 19.3 Å². The lowest BCUT2D eigenvalue weighted by Gasteiger charge is -1.83. The van der Waals surface area contributed by atoms with Crippen LogP contribution in [-0.4, -0.2) is 34.5 Å². The number of aliphatic carboxylic acids is 2. The van der Waals surface area contributed by atoms with E-state index in [1.807, 2.05) is 0 Å². The van der Waals surface area contributed by atoms with Gasteiger partial charge >= 0.3 is 19.3 Å². The van der Waals surface area contributed by atoms with Crippen molar-refractivity contribution in [2.75, 3.05) is 0 Å². The van der Waals surface area contributed by atoms with E-state index >= 15 is 0 Å². The number of halogens is 2. The number of rotatable bonds is 2. The first-order valence-electron chi connectivity index (χ1n) is 2.14. The fraction of sp³-hybridized carbons (Fsp3) is 0. The topological polar surface area (TPSA) is 113 Å². The standard InChI is InChI=1S/C2H2O4.BF2HO3/c3-1(4)2(5)6;2-5-1(4)6-3/h(H,3,4)(H,5,6);4H. The minimum absolute atomic E-state index is 1.82. The van der Waals surface area contributed by atoms with E-state index in [2.05, 4.69) is 9.72 Å². The maximum atomic E-state index is 10.3. The molecule has 0 aliphatic carbocycles. The zero-order valence-electron chi connectivity index (χ0n) is 5.31. The Balaban J connectivity index is 0. The van der Waals surface area contributed by atoms with Gasteiger partial charge in [-0.1, -0.05) is 9.05 Å². The monoisotopic (exact) mass is 188 g/mol. The molecule has 0 aliphatic heterocycles. The molecule has 10 heteroatoms. The van der Waals surface area contributed by atoms with Crippen LogP contribution in [0.15, 0.2) is 0 Å². The average Bonchev–Trinajstić information content (AvgIpc) is 2.04. The number of carboxylic acid groups (broad SMARTS) is 2. The van der Waals surface area contributed by atoms with Crippen molar-refractivity contribution in [1.82, 2.24) is 0 Å². The summed E-state index contributed by atoms with van der Waals surface area (Å²) in [5, 5.41) is 22.3. The van der Waals surface area contributed by atoms with Crippen molar-refractivity contribution in [3.8, 4) is 0 Å². The molecule has 0 atom stereocenters. The van der Waals surface area contributed by atoms with Crippen molar-refractivity contribution in [2.24, 2.45) is 0 Å². The first-order valence-corrected chi connectivity index (χ1v) is 2.14. The molecule has 0 saturated heterocycles. The zero-order valence-corrected chi connectivity index (χ0v) is 5.31. The van der Waals surface area contributed by atoms with Gasteiger partial charge in [0.1, 0.15) is 0 Å². The molecule has 0 radical (unpaired) electrons. The summed E-state index contributed by atoms with van der Waals surface area (Å²) in [6.45, 7) is 0. The molecule has 0 unspecified atom stereocenters. The summed E-state index contributed by atoms with van der Waals surface area (Å²) in [5.74, 6) is -3.65. The van der Waals surface area contributed by atoms with Gasteiger partial charge in [-0.3, -0.25) is 0 Å². The fourth-order valence-corrected chi connectivity index (χ4v) is 0.0137. The van der Waals surface area contributed by atoms with Gasteiger partial charge in [0.25, 0.3) is 0 Å². The number of hydrogen-bond donors (Lipinski definition) is 3. The predicted octanol–water partition coefficient (Wildman–Crippen LogP) is -1.08. The van der Waals surface area contributed by atoms with Crippen LogP contribution in [0, 0.1) is 0 Å². The Labute approximate surface area is 64.1 Å². The Bertz CT molecular complexity index is 134. The molecule has 12 heavy (non-hydrogen) atoms. The van der Waals surface area contributed by atoms with Crippen LogP contribution in [0.5, 0.6) is 0 Å². The minimum Gasteiger partial charge on any atom is -0.473 e. The van der Waals surface area contributed by atoms with Gasteiger partial charge in [0, 0.05) is 0 Å². The third-order valence-corrected chi connectivity index (χ3v) is 0.335. The van der Waals surface area contributed by atoms with Gasteiger partial charge in [0.2, 0.25) is 0 Å². The van der Waals surface area contributed by atoms with Crippen molar-refractivity contribution in [3.63, 3.8) is 0 Å². The molecular formula is C2H3BF2O7. The van der Waals surface area contributed by atoms with Crippen LogP contribution in [0.4, 0.5) is 9.05 Å². The molecule has 0 aromatic carbocycles. The Hall–Kier alpha value is -1.26. The Morgan fingerprint density at radius 2 is 1.33 bits per heavy atom. The quantitative estimate of drug-likeness (QED) is 0.373. The summed E-state index contributed by atoms with van der Waals surface area (Å²) in [7, 11) is -2.40. The van der Waals surface area contributed by atoms with Crippen LogP contribution in [0.1, 0.15) is 0 Å². The van der Waals surface area contributed by atoms with Crippen LogP contribution < -0.4 is 0 Å². The molecule has 0 heterocycles. The highest BCUT2D eigenvalue weighted by atomic mass is 19.3. The van der Waals surface area contributed by atoms with Gasteiger partial charge in [0.05, 0.1) is 0 Å². The smallest absolute Gasteiger partial charge is 0.473 e. The Morgan fingerprint density at radius 1 is 1.08 bits per heavy atom. The molecule has 0 rings (SSSR count). The molecule has 0 aromatic heterocycles. The molecule has 0 bridgehead atoms. The van der Waals surface area contributed by atoms with Gasteiger partial charge in [-0.25, -0.2) is 9.59 Å². The maximum Gasteiger partial charge on any atom is 0.702 e. The summed E-state index contributed by atoms with van der Waals surface area (Å²) in [5.41, 5.74) is 0. The molecule has 0 saturated carbocycles. The van der Waals surface area contributed by atoms with E-state index in [0.29, 0.717) is 0 Å². The first-order chi connectivity index (χ1) is 5.45. The molecule has 0 aromatic rings. The third-order valence-electron chi connectivity index (χ3n) is 0.335. The molecule has 0 amide bonds. The molecule has 0 fully saturated rings. The SMILES string of the molecule is O=C(O)C(=O)O.OB(OF)OF. The number of carboxylic acids is 2. The highest BCUT2D eigenvalue weighted by Crippen LogP contribution is 1.82. The normalized spacial score (nSPS) is 7.92. The van der Waals surface area contributed by atoms with E-state index in [0.717, 1.165) is 0 Å². The van der Waals surface area contributed by atoms with Gasteiger partial charge < -0.3 is 15.2 Å². The van der Waals surface area contributed by atoms with Crippen LogP contribution in [0.25, 0.3) is 0 Å². The van der Waals surface area contributed by atoms with Gasteiger partial charge in [-0.05, 0) is 0 Å². The van der Waals surface area contributed by atoms with Crippen LogP contribution in [0.3, 0.4) is 0 Å². The summed E-state index contributed by atoms with van der Waals surface area (Å²) in [6.07, 6.45) is 0. The van der Waals surface area contributed by atoms with Crippen molar-refractivity contribution in [3.05, 3.63) is 0 Å². The minimum atomic E-state index is -2.40. The zero-order chi connectivity index (χ0) is 10.1. The fourth-order valence-electron chi connectivity index (χ4n) is 0.0137. The second-order valence-corrected chi connectivity index (χ2v) is 1.10. The number of carbonyl (C=O) groups is 2. The molecule has 0 spiro atoms. The predicted molar refractivity (Wildman–Crippen MR) is 27.6 cm³/mol. The largest absolute Gasteiger partial charge is 0.702 e. The van der Waals surface area contributed by atoms with Gasteiger partial charge in [-0.15, -0.1) is 0 Å². The van der Waals surface area contributed by atoms with E-state index in [9.17, 15) is 9.05 Å². The lowest BCUT2D eigenvalue weighted by molar-refractivity contribution is -0.159. The number of hydrogen-bond acceptors (Lipinski definition) is 5. The highest BCUT2D eigenvalue weighted by Gasteiger charge is 2.16. The molecule has 3 N–H and O–H groups in total. The molecule has 0 aliphatic rings. The summed E-state index contributed by atoms with van der Waals surface area (Å²) in [6, 6.07) is 0. The van der Waals surface area contributed by atoms with Crippen molar-refractivity contribution >= 4 is 19.3 Å². The first kappa shape index (κ1) is 13.3. The summed E-state index contributed by atoms with van der Waals surface area (Å²) < 4.78 is 20.5. The molecular weight excluding hydrogens is 185 g/mol. The third kappa shape index (κ3) is 11.5. The second-order valence-electron chi connectivity index (χ2n) is 1.10. The summed E-state index contributed by atoms with van der Waals surface area (Å²) >= 11 is 0. The average molecular weight is 188 g/mol. The van der Waals surface area contributed by atoms with E-state index in [1.165, 1.54) is 0 Å². The van der Waals surface area contributed by atoms with E-state index in [-0.39, 0.29) is 0 Å². The lowest BCUT2D eigenvalue weighted by Crippen LogP contribution is -2.13. The maximum absolute atomic E-state index is 10.3. The van der Waals surface area contributed by atoms with Crippen molar-refractivity contribution < 1.29 is 43.6 Å². The Morgan fingerprint density at radius 3 is 1.33 bits per heavy atom. The lowest BCUT2D eigenvalue weighted by atomic mass is 10.3. The molecule has 70 valence electrons. The second kappa shape index (κ2) is 7.85. The summed E-state index contributed by atoms with van der Waals surface area (Å²) in [4.78, 5) is 22.9. The van der Waals surface area contributed by atoms with E-state index in [4.69, 9.17) is 24.8 Å². The van der Waals surface area contributed by atoms with Crippen molar-refractivity contribution in [1.29, 1.82) is 0 Å². The van der Waals surface area contributed by atoms with E-state index < -0.39 is 19.3 Å². The van der Waals surface area contributed by atoms with Crippen LogP contribution >= 0.6 is 0 Å². The van der Waals surface area contributed by atoms with E-state index in [1.54, 1.807) is 0 Å². The highest BCUT2D eigenvalue weighted by molar-refractivity contribution is 6.33.